The standard InChI is InChI=1S/Cr.3HO2P/c;3*1-3-2/h;3*(H,1,2)/q+3;;;/p-3. The topological polar surface area (TPSA) is 120 Å². The molecule has 0 aliphatic heterocycles. The molecule has 0 amide bonds. The van der Waals surface area contributed by atoms with E-state index >= 15 is 0 Å². The zero-order valence-corrected chi connectivity index (χ0v) is 8.16. The van der Waals surface area contributed by atoms with Crippen molar-refractivity contribution in [3.05, 3.63) is 0 Å². The Morgan fingerprint density at radius 3 is 0.700 bits per heavy atom. The van der Waals surface area contributed by atoms with Crippen molar-refractivity contribution in [1.82, 2.24) is 0 Å². The first-order valence-corrected chi connectivity index (χ1v) is 3.29. The van der Waals surface area contributed by atoms with E-state index in [0.29, 0.717) is 0 Å². The predicted molar refractivity (Wildman–Crippen MR) is 22.8 cm³/mol. The minimum atomic E-state index is -1.08. The normalized spacial score (nSPS) is 6.30. The van der Waals surface area contributed by atoms with Gasteiger partial charge in [0.15, 0.2) is 0 Å². The van der Waals surface area contributed by atoms with E-state index in [-0.39, 0.29) is 17.4 Å². The number of rotatable bonds is 0. The van der Waals surface area contributed by atoms with Gasteiger partial charge in [-0.3, -0.25) is 13.7 Å². The second-order valence-electron chi connectivity index (χ2n) is 0.224. The SMILES string of the molecule is O=P[O-].O=P[O-].O=P[O-].[Cr+3]. The molecule has 57 valence electrons. The summed E-state index contributed by atoms with van der Waals surface area (Å²) in [7, 11) is -3.25. The Bertz CT molecular complexity index is 49.7. The van der Waals surface area contributed by atoms with Crippen LogP contribution in [0.1, 0.15) is 0 Å². The van der Waals surface area contributed by atoms with E-state index in [1.807, 2.05) is 0 Å². The average molecular weight is 241 g/mol. The molecule has 1 radical (unpaired) electrons. The molecule has 0 aliphatic carbocycles. The molecule has 0 aromatic carbocycles. The van der Waals surface area contributed by atoms with Crippen molar-refractivity contribution in [3.63, 3.8) is 0 Å². The first-order chi connectivity index (χ1) is 4.24. The average Bonchev–Trinajstić information content (AvgIpc) is 1.70. The summed E-state index contributed by atoms with van der Waals surface area (Å²) < 4.78 is 25.0. The molecular weight excluding hydrogens is 241 g/mol. The maximum absolute atomic E-state index is 8.35. The fraction of sp³-hybridized carbons (Fsp3) is 0. The Labute approximate surface area is 72.3 Å². The van der Waals surface area contributed by atoms with Gasteiger partial charge in [-0.05, 0) is 0 Å². The molecule has 0 rings (SSSR count). The van der Waals surface area contributed by atoms with Crippen molar-refractivity contribution in [2.24, 2.45) is 0 Å². The molecule has 0 spiro atoms. The second kappa shape index (κ2) is 53.5. The van der Waals surface area contributed by atoms with Gasteiger partial charge in [0.2, 0.25) is 0 Å². The van der Waals surface area contributed by atoms with Gasteiger partial charge in [-0.15, -0.1) is 0 Å². The Morgan fingerprint density at radius 1 is 0.700 bits per heavy atom. The summed E-state index contributed by atoms with van der Waals surface area (Å²) in [5, 5.41) is 0. The minimum Gasteiger partial charge on any atom is -0.772 e. The molecular formula is CrO6P3. The van der Waals surface area contributed by atoms with E-state index in [2.05, 4.69) is 0 Å². The molecule has 10 heavy (non-hydrogen) atoms. The van der Waals surface area contributed by atoms with Crippen LogP contribution in [-0.2, 0) is 31.1 Å². The zero-order chi connectivity index (χ0) is 8.12. The van der Waals surface area contributed by atoms with E-state index in [0.717, 1.165) is 0 Å². The summed E-state index contributed by atoms with van der Waals surface area (Å²) in [5.41, 5.74) is 0. The summed E-state index contributed by atoms with van der Waals surface area (Å²) in [4.78, 5) is 25.0. The van der Waals surface area contributed by atoms with Crippen LogP contribution in [0.25, 0.3) is 0 Å². The third-order valence-electron chi connectivity index (χ3n) is 0. The van der Waals surface area contributed by atoms with Crippen LogP contribution in [0.5, 0.6) is 0 Å². The monoisotopic (exact) mass is 241 g/mol. The first-order valence-electron chi connectivity index (χ1n) is 1.10. The molecule has 0 bridgehead atoms. The Morgan fingerprint density at radius 2 is 0.700 bits per heavy atom. The van der Waals surface area contributed by atoms with Gasteiger partial charge in [-0.25, -0.2) is 0 Å². The minimum absolute atomic E-state index is 0. The fourth-order valence-corrected chi connectivity index (χ4v) is 0. The van der Waals surface area contributed by atoms with E-state index in [1.54, 1.807) is 0 Å². The Balaban J connectivity index is -0.0000000257. The van der Waals surface area contributed by atoms with Crippen LogP contribution in [0.15, 0.2) is 0 Å². The fourth-order valence-electron chi connectivity index (χ4n) is 0. The van der Waals surface area contributed by atoms with Crippen molar-refractivity contribution in [1.29, 1.82) is 0 Å². The van der Waals surface area contributed by atoms with Gasteiger partial charge in [-0.1, -0.05) is 0 Å². The van der Waals surface area contributed by atoms with Crippen molar-refractivity contribution in [3.8, 4) is 0 Å². The van der Waals surface area contributed by atoms with Crippen LogP contribution in [0, 0.1) is 0 Å². The van der Waals surface area contributed by atoms with Crippen molar-refractivity contribution in [2.75, 3.05) is 0 Å². The van der Waals surface area contributed by atoms with E-state index in [9.17, 15) is 0 Å². The van der Waals surface area contributed by atoms with Gasteiger partial charge >= 0.3 is 17.4 Å². The van der Waals surface area contributed by atoms with Crippen LogP contribution in [0.2, 0.25) is 0 Å². The summed E-state index contributed by atoms with van der Waals surface area (Å²) in [6.45, 7) is 0. The predicted octanol–water partition coefficient (Wildman–Crippen LogP) is -1.34. The second-order valence-corrected chi connectivity index (χ2v) is 0.671. The molecule has 0 heterocycles. The molecule has 6 nitrogen and oxygen atoms in total. The molecule has 0 N–H and O–H groups in total. The third kappa shape index (κ3) is 1020. The van der Waals surface area contributed by atoms with Crippen LogP contribution < -0.4 is 14.7 Å². The van der Waals surface area contributed by atoms with E-state index in [4.69, 9.17) is 28.4 Å². The first kappa shape index (κ1) is 22.4. The molecule has 10 heteroatoms. The molecule has 0 aromatic rings. The molecule has 0 aliphatic rings. The Hall–Kier alpha value is 0.712. The summed E-state index contributed by atoms with van der Waals surface area (Å²) >= 11 is 0. The molecule has 0 atom stereocenters. The number of hydrogen-bond acceptors (Lipinski definition) is 6. The van der Waals surface area contributed by atoms with E-state index < -0.39 is 26.1 Å². The van der Waals surface area contributed by atoms with Crippen molar-refractivity contribution in [2.45, 2.75) is 0 Å². The van der Waals surface area contributed by atoms with Crippen molar-refractivity contribution >= 4 is 26.1 Å². The van der Waals surface area contributed by atoms with Crippen LogP contribution in [0.4, 0.5) is 0 Å². The molecule has 0 saturated carbocycles. The quantitative estimate of drug-likeness (QED) is 0.483. The smallest absolute Gasteiger partial charge is 0.772 e. The third-order valence-corrected chi connectivity index (χ3v) is 0. The van der Waals surface area contributed by atoms with Crippen LogP contribution >= 0.6 is 26.1 Å². The summed E-state index contributed by atoms with van der Waals surface area (Å²) in [6, 6.07) is 0. The van der Waals surface area contributed by atoms with Gasteiger partial charge in [0.25, 0.3) is 0 Å². The van der Waals surface area contributed by atoms with Gasteiger partial charge in [-0.2, -0.15) is 0 Å². The maximum atomic E-state index is 8.35. The van der Waals surface area contributed by atoms with E-state index in [1.165, 1.54) is 0 Å². The molecule has 0 unspecified atom stereocenters. The van der Waals surface area contributed by atoms with Crippen molar-refractivity contribution < 1.29 is 45.7 Å². The Kier molecular flexibility index (Phi) is 120. The molecule has 0 aromatic heterocycles. The summed E-state index contributed by atoms with van der Waals surface area (Å²) in [6.07, 6.45) is 0. The molecule has 0 fully saturated rings. The maximum Gasteiger partial charge on any atom is 3.00 e. The van der Waals surface area contributed by atoms with Gasteiger partial charge in [0, 0.05) is 0 Å². The largest absolute Gasteiger partial charge is 3.00 e. The van der Waals surface area contributed by atoms with Gasteiger partial charge in [0.1, 0.15) is 0 Å². The van der Waals surface area contributed by atoms with Crippen LogP contribution in [-0.4, -0.2) is 0 Å². The number of hydrogen-bond donors (Lipinski definition) is 0. The van der Waals surface area contributed by atoms with Gasteiger partial charge in [0.05, 0.1) is 26.1 Å². The zero-order valence-electron chi connectivity index (χ0n) is 4.20. The van der Waals surface area contributed by atoms with Crippen LogP contribution in [0.3, 0.4) is 0 Å². The molecule has 0 saturated heterocycles. The van der Waals surface area contributed by atoms with Gasteiger partial charge < -0.3 is 14.7 Å². The summed E-state index contributed by atoms with van der Waals surface area (Å²) in [5.74, 6) is 0.